The zero-order valence-corrected chi connectivity index (χ0v) is 9.90. The third-order valence-corrected chi connectivity index (χ3v) is 1.92. The predicted molar refractivity (Wildman–Crippen MR) is 64.9 cm³/mol. The molecule has 1 N–H and O–H groups in total. The highest BCUT2D eigenvalue weighted by atomic mass is 16.5. The molecule has 0 spiro atoms. The predicted octanol–water partition coefficient (Wildman–Crippen LogP) is 1.73. The Hall–Kier alpha value is -2.10. The second kappa shape index (κ2) is 6.48. The van der Waals surface area contributed by atoms with Crippen molar-refractivity contribution in [2.75, 3.05) is 6.61 Å². The Labute approximate surface area is 100 Å². The smallest absolute Gasteiger partial charge is 0.354 e. The van der Waals surface area contributed by atoms with Gasteiger partial charge in [0.2, 0.25) is 5.91 Å². The molecule has 1 aromatic carbocycles. The van der Waals surface area contributed by atoms with E-state index in [1.54, 1.807) is 13.0 Å². The topological polar surface area (TPSA) is 55.4 Å². The average Bonchev–Trinajstić information content (AvgIpc) is 2.29. The second-order valence-corrected chi connectivity index (χ2v) is 3.37. The summed E-state index contributed by atoms with van der Waals surface area (Å²) in [6.45, 7) is 3.33. The summed E-state index contributed by atoms with van der Waals surface area (Å²) in [6, 6.07) is 9.24. The molecule has 0 aliphatic carbocycles. The number of ether oxygens (including phenoxy) is 1. The lowest BCUT2D eigenvalue weighted by atomic mass is 10.2. The summed E-state index contributed by atoms with van der Waals surface area (Å²) in [7, 11) is 0. The van der Waals surface area contributed by atoms with Crippen LogP contribution in [0.3, 0.4) is 0 Å². The fourth-order valence-corrected chi connectivity index (χ4v) is 1.26. The molecule has 1 aromatic rings. The Kier molecular flexibility index (Phi) is 4.94. The molecule has 0 radical (unpaired) electrons. The van der Waals surface area contributed by atoms with Crippen molar-refractivity contribution in [2.24, 2.45) is 0 Å². The first kappa shape index (κ1) is 13.0. The van der Waals surface area contributed by atoms with Gasteiger partial charge in [-0.2, -0.15) is 0 Å². The second-order valence-electron chi connectivity index (χ2n) is 3.37. The zero-order valence-electron chi connectivity index (χ0n) is 9.90. The fraction of sp³-hybridized carbons (Fsp3) is 0.231. The van der Waals surface area contributed by atoms with Crippen LogP contribution in [0.5, 0.6) is 0 Å². The van der Waals surface area contributed by atoms with Gasteiger partial charge >= 0.3 is 5.97 Å². The van der Waals surface area contributed by atoms with Crippen LogP contribution in [0.4, 0.5) is 0 Å². The molecule has 4 heteroatoms. The summed E-state index contributed by atoms with van der Waals surface area (Å²) in [5, 5.41) is 2.46. The standard InChI is InChI=1S/C13H15NO3/c1-3-17-13(16)12(14-10(2)15)9-11-7-5-4-6-8-11/h4-9H,3H2,1-2H3,(H,14,15)/b12-9+. The summed E-state index contributed by atoms with van der Waals surface area (Å²) in [5.74, 6) is -0.841. The van der Waals surface area contributed by atoms with E-state index < -0.39 is 5.97 Å². The van der Waals surface area contributed by atoms with Gasteiger partial charge in [-0.25, -0.2) is 4.79 Å². The maximum atomic E-state index is 11.6. The first-order chi connectivity index (χ1) is 8.13. The number of amides is 1. The van der Waals surface area contributed by atoms with Crippen LogP contribution in [0.2, 0.25) is 0 Å². The summed E-state index contributed by atoms with van der Waals surface area (Å²) in [6.07, 6.45) is 1.58. The Bertz CT molecular complexity index is 424. The SMILES string of the molecule is CCOC(=O)/C(=C\c1ccccc1)NC(C)=O. The first-order valence-electron chi connectivity index (χ1n) is 5.35. The summed E-state index contributed by atoms with van der Waals surface area (Å²) < 4.78 is 4.86. The Morgan fingerprint density at radius 3 is 2.47 bits per heavy atom. The van der Waals surface area contributed by atoms with Gasteiger partial charge in [0.1, 0.15) is 5.70 Å². The lowest BCUT2D eigenvalue weighted by Gasteiger charge is -2.07. The molecule has 1 amide bonds. The van der Waals surface area contributed by atoms with Gasteiger partial charge in [-0.1, -0.05) is 30.3 Å². The Morgan fingerprint density at radius 2 is 1.94 bits per heavy atom. The highest BCUT2D eigenvalue weighted by Gasteiger charge is 2.11. The van der Waals surface area contributed by atoms with Crippen molar-refractivity contribution in [3.8, 4) is 0 Å². The molecule has 0 aliphatic heterocycles. The molecular formula is C13H15NO3. The van der Waals surface area contributed by atoms with Gasteiger partial charge in [0.25, 0.3) is 0 Å². The minimum absolute atomic E-state index is 0.144. The molecule has 90 valence electrons. The average molecular weight is 233 g/mol. The van der Waals surface area contributed by atoms with E-state index in [2.05, 4.69) is 5.32 Å². The normalized spacial score (nSPS) is 10.8. The molecule has 0 unspecified atom stereocenters. The molecular weight excluding hydrogens is 218 g/mol. The number of carbonyl (C=O) groups is 2. The van der Waals surface area contributed by atoms with Crippen molar-refractivity contribution in [2.45, 2.75) is 13.8 Å². The highest BCUT2D eigenvalue weighted by molar-refractivity contribution is 5.97. The fourth-order valence-electron chi connectivity index (χ4n) is 1.26. The van der Waals surface area contributed by atoms with Crippen LogP contribution < -0.4 is 5.32 Å². The van der Waals surface area contributed by atoms with Gasteiger partial charge in [0.05, 0.1) is 6.61 Å². The van der Waals surface area contributed by atoms with Gasteiger partial charge in [0, 0.05) is 6.92 Å². The Balaban J connectivity index is 2.93. The molecule has 1 rings (SSSR count). The highest BCUT2D eigenvalue weighted by Crippen LogP contribution is 2.06. The van der Waals surface area contributed by atoms with Crippen LogP contribution >= 0.6 is 0 Å². The molecule has 0 saturated carbocycles. The first-order valence-corrected chi connectivity index (χ1v) is 5.35. The van der Waals surface area contributed by atoms with Crippen molar-refractivity contribution < 1.29 is 14.3 Å². The van der Waals surface area contributed by atoms with E-state index in [1.807, 2.05) is 30.3 Å². The van der Waals surface area contributed by atoms with Crippen LogP contribution in [-0.2, 0) is 14.3 Å². The monoisotopic (exact) mass is 233 g/mol. The Morgan fingerprint density at radius 1 is 1.29 bits per heavy atom. The van der Waals surface area contributed by atoms with E-state index in [-0.39, 0.29) is 18.2 Å². The van der Waals surface area contributed by atoms with Gasteiger partial charge in [-0.15, -0.1) is 0 Å². The van der Waals surface area contributed by atoms with E-state index in [1.165, 1.54) is 6.92 Å². The molecule has 0 fully saturated rings. The maximum absolute atomic E-state index is 11.6. The minimum Gasteiger partial charge on any atom is -0.461 e. The molecule has 4 nitrogen and oxygen atoms in total. The molecule has 0 heterocycles. The van der Waals surface area contributed by atoms with Crippen molar-refractivity contribution in [3.05, 3.63) is 41.6 Å². The summed E-state index contributed by atoms with van der Waals surface area (Å²) >= 11 is 0. The zero-order chi connectivity index (χ0) is 12.7. The third kappa shape index (κ3) is 4.51. The van der Waals surface area contributed by atoms with E-state index in [9.17, 15) is 9.59 Å². The largest absolute Gasteiger partial charge is 0.461 e. The van der Waals surface area contributed by atoms with E-state index in [0.29, 0.717) is 0 Å². The molecule has 0 aliphatic rings. The van der Waals surface area contributed by atoms with Gasteiger partial charge < -0.3 is 10.1 Å². The quantitative estimate of drug-likeness (QED) is 0.636. The number of hydrogen-bond acceptors (Lipinski definition) is 3. The number of nitrogens with one attached hydrogen (secondary N) is 1. The molecule has 0 aromatic heterocycles. The summed E-state index contributed by atoms with van der Waals surface area (Å²) in [4.78, 5) is 22.6. The van der Waals surface area contributed by atoms with E-state index >= 15 is 0 Å². The lowest BCUT2D eigenvalue weighted by molar-refractivity contribution is -0.139. The molecule has 0 bridgehead atoms. The van der Waals surface area contributed by atoms with Crippen LogP contribution in [0, 0.1) is 0 Å². The summed E-state index contributed by atoms with van der Waals surface area (Å²) in [5.41, 5.74) is 0.967. The van der Waals surface area contributed by atoms with E-state index in [4.69, 9.17) is 4.74 Å². The molecule has 0 atom stereocenters. The van der Waals surface area contributed by atoms with Crippen LogP contribution in [0.25, 0.3) is 6.08 Å². The van der Waals surface area contributed by atoms with Crippen LogP contribution in [-0.4, -0.2) is 18.5 Å². The van der Waals surface area contributed by atoms with E-state index in [0.717, 1.165) is 5.56 Å². The van der Waals surface area contributed by atoms with Gasteiger partial charge in [-0.3, -0.25) is 4.79 Å². The molecule has 0 saturated heterocycles. The van der Waals surface area contributed by atoms with Crippen LogP contribution in [0.1, 0.15) is 19.4 Å². The number of hydrogen-bond donors (Lipinski definition) is 1. The van der Waals surface area contributed by atoms with Crippen molar-refractivity contribution in [1.29, 1.82) is 0 Å². The van der Waals surface area contributed by atoms with Crippen LogP contribution in [0.15, 0.2) is 36.0 Å². The lowest BCUT2D eigenvalue weighted by Crippen LogP contribution is -2.26. The number of benzene rings is 1. The number of carbonyl (C=O) groups excluding carboxylic acids is 2. The van der Waals surface area contributed by atoms with Crippen molar-refractivity contribution >= 4 is 18.0 Å². The third-order valence-electron chi connectivity index (χ3n) is 1.92. The number of rotatable bonds is 4. The van der Waals surface area contributed by atoms with Gasteiger partial charge in [-0.05, 0) is 18.6 Å². The molecule has 17 heavy (non-hydrogen) atoms. The van der Waals surface area contributed by atoms with Crippen molar-refractivity contribution in [1.82, 2.24) is 5.32 Å². The minimum atomic E-state index is -0.536. The van der Waals surface area contributed by atoms with Crippen molar-refractivity contribution in [3.63, 3.8) is 0 Å². The van der Waals surface area contributed by atoms with Gasteiger partial charge in [0.15, 0.2) is 0 Å². The maximum Gasteiger partial charge on any atom is 0.354 e. The number of esters is 1.